The minimum absolute atomic E-state index is 0. The van der Waals surface area contributed by atoms with Crippen LogP contribution >= 0.6 is 11.6 Å². The monoisotopic (exact) mass is 1520 g/mol. The van der Waals surface area contributed by atoms with Gasteiger partial charge in [0.1, 0.15) is 22.4 Å². The van der Waals surface area contributed by atoms with Gasteiger partial charge in [-0.1, -0.05) is 204 Å². The van der Waals surface area contributed by atoms with Crippen LogP contribution in [0.5, 0.6) is 0 Å². The maximum Gasteiger partial charge on any atom is 1.00 e. The molecule has 588 valence electrons. The number of nitrogens with two attached hydrogens (primary N) is 1. The third-order valence-corrected chi connectivity index (χ3v) is 21.1. The number of carbonyl (C=O) groups is 7. The molecule has 2 aliphatic heterocycles. The first kappa shape index (κ1) is 102. The molecule has 12 atom stereocenters. The first-order valence-corrected chi connectivity index (χ1v) is 40.4. The molecular weight excluding hydrogens is 1390 g/mol. The Labute approximate surface area is 665 Å². The van der Waals surface area contributed by atoms with Crippen LogP contribution in [0.4, 0.5) is 0 Å². The molecule has 0 aliphatic carbocycles. The Morgan fingerprint density at radius 1 is 0.566 bits per heavy atom. The van der Waals surface area contributed by atoms with Crippen molar-refractivity contribution < 1.29 is 100 Å². The number of aryl methyl sites for hydroxylation is 1. The molecule has 2 aliphatic rings. The minimum atomic E-state index is -4.30. The van der Waals surface area contributed by atoms with Gasteiger partial charge in [-0.05, 0) is 190 Å². The van der Waals surface area contributed by atoms with Crippen LogP contribution in [0.3, 0.4) is 0 Å². The molecule has 17 nitrogen and oxygen atoms in total. The van der Waals surface area contributed by atoms with E-state index in [-0.39, 0.29) is 106 Å². The number of hydrogen-bond donors (Lipinski definition) is 3. The first-order valence-electron chi connectivity index (χ1n) is 38.5. The normalized spacial score (nSPS) is 17.1. The summed E-state index contributed by atoms with van der Waals surface area (Å²) in [5, 5.41) is 16.8. The van der Waals surface area contributed by atoms with Crippen molar-refractivity contribution in [3.05, 3.63) is 161 Å². The van der Waals surface area contributed by atoms with E-state index in [1.54, 1.807) is 39.8 Å². The van der Waals surface area contributed by atoms with Gasteiger partial charge in [0.25, 0.3) is 0 Å². The van der Waals surface area contributed by atoms with Crippen LogP contribution in [0.15, 0.2) is 133 Å². The SMILES string of the molecule is CC(CC1C(=O)OC(=O)C1C)c1ccccc1.CCC(C)C.CCC(C)C(=O)O.CCC(C)CC1C(=O)OC(=O)C1C.CCC(C)c1ccc(CCl)cc1.CCC(C)c1ccc(S(=O)(=O)[O-])cc1.CCC(CC(C)c1ccncc1)c1cc[n+](CCCCCC(=O)O)cc1.CCC(CCCCN)C(C)=O.[Na+]. The summed E-state index contributed by atoms with van der Waals surface area (Å²) in [4.78, 5) is 80.3. The Morgan fingerprint density at radius 2 is 1.05 bits per heavy atom. The van der Waals surface area contributed by atoms with Gasteiger partial charge in [-0.25, -0.2) is 13.0 Å². The van der Waals surface area contributed by atoms with Gasteiger partial charge < -0.3 is 30.0 Å². The summed E-state index contributed by atoms with van der Waals surface area (Å²) in [6.45, 7) is 38.5. The number of cyclic esters (lactones) is 4. The van der Waals surface area contributed by atoms with Crippen LogP contribution < -0.4 is 39.9 Å². The number of carboxylic acid groups (broad SMARTS) is 2. The van der Waals surface area contributed by atoms with Crippen LogP contribution in [0, 0.1) is 47.3 Å². The zero-order valence-electron chi connectivity index (χ0n) is 67.8. The standard InChI is InChI=1S/C22H30N2O2.C14H16O3.C11H15Cl.C10H14O3S.C10H16O3.C9H19NO.C5H10O2.C5H12.Na/c1-3-19(17-18(2)20-8-12-23-13-9-20)21-10-15-24(16-11-21)14-6-4-5-7-22(25)26;1-9(11-6-4-3-5-7-11)8-12-10(2)13(15)17-14(12)16;1-3-9(2)11-6-4-10(8-12)5-7-11;1-3-8(2)9-4-6-10(7-5-9)14(11,12)13;1-4-6(2)5-8-7(3)9(11)13-10(8)12;1-3-9(8(2)11)6-4-5-7-10;1-3-4(2)5(6)7;1-4-5(2)3;/h8-13,15-16,18-19H,3-7,14,17H2,1-2H3;3-7,9-10,12H,8H2,1-2H3;4-7,9H,3,8H2,1-2H3;4-8H,3H2,1-2H3,(H,11,12,13);6-8H,4-5H2,1-3H3;9H,3-7,10H2,1-2H3;4H,3H2,1-2H3,(H,6,7);5H,4H2,1-3H3;/q;;;;;;;;+1. The number of aliphatic carboxylic acids is 2. The Bertz CT molecular complexity index is 3330. The number of carboxylic acids is 2. The van der Waals surface area contributed by atoms with Crippen molar-refractivity contribution >= 4 is 63.3 Å². The number of alkyl halides is 1. The average Bonchev–Trinajstić information content (AvgIpc) is 1.64. The van der Waals surface area contributed by atoms with E-state index in [0.29, 0.717) is 47.7 Å². The van der Waals surface area contributed by atoms with E-state index in [2.05, 4.69) is 170 Å². The van der Waals surface area contributed by atoms with Gasteiger partial charge in [-0.2, -0.15) is 0 Å². The van der Waals surface area contributed by atoms with Crippen LogP contribution in [-0.2, 0) is 65.6 Å². The largest absolute Gasteiger partial charge is 1.00 e. The van der Waals surface area contributed by atoms with Crippen molar-refractivity contribution in [2.45, 2.75) is 281 Å². The van der Waals surface area contributed by atoms with Gasteiger partial charge in [0.05, 0.1) is 34.5 Å². The van der Waals surface area contributed by atoms with E-state index in [0.717, 1.165) is 108 Å². The summed E-state index contributed by atoms with van der Waals surface area (Å²) in [7, 11) is -4.30. The van der Waals surface area contributed by atoms with Crippen molar-refractivity contribution in [1.82, 2.24) is 4.98 Å². The molecule has 106 heavy (non-hydrogen) atoms. The quantitative estimate of drug-likeness (QED) is 0.00686. The average molecular weight is 1520 g/mol. The van der Waals surface area contributed by atoms with Gasteiger partial charge >= 0.3 is 65.4 Å². The van der Waals surface area contributed by atoms with Crippen molar-refractivity contribution in [2.24, 2.45) is 53.1 Å². The summed E-state index contributed by atoms with van der Waals surface area (Å²) in [5.74, 6) is 0.851. The molecule has 20 heteroatoms. The molecule has 5 aromatic rings. The second-order valence-electron chi connectivity index (χ2n) is 28.6. The molecule has 0 saturated carbocycles. The summed E-state index contributed by atoms with van der Waals surface area (Å²) >= 11 is 5.69. The van der Waals surface area contributed by atoms with E-state index >= 15 is 0 Å². The van der Waals surface area contributed by atoms with Crippen molar-refractivity contribution in [1.29, 1.82) is 0 Å². The Balaban J connectivity index is 0. The molecule has 0 bridgehead atoms. The maximum absolute atomic E-state index is 11.5. The number of nitrogens with zero attached hydrogens (tertiary/aromatic N) is 2. The zero-order chi connectivity index (χ0) is 79.8. The fourth-order valence-electron chi connectivity index (χ4n) is 11.0. The summed E-state index contributed by atoms with van der Waals surface area (Å²) in [6.07, 6.45) is 24.1. The minimum Gasteiger partial charge on any atom is -0.744 e. The number of rotatable bonds is 32. The number of carbonyl (C=O) groups excluding carboxylic acids is 5. The van der Waals surface area contributed by atoms with Crippen molar-refractivity contribution in [2.75, 3.05) is 6.54 Å². The number of unbranched alkanes of at least 4 members (excludes halogenated alkanes) is 3. The van der Waals surface area contributed by atoms with E-state index in [1.165, 1.54) is 52.8 Å². The van der Waals surface area contributed by atoms with E-state index < -0.39 is 22.1 Å². The number of esters is 4. The molecule has 4 N–H and O–H groups in total. The number of aromatic nitrogens is 2. The second-order valence-corrected chi connectivity index (χ2v) is 30.3. The molecule has 3 aromatic carbocycles. The molecule has 12 unspecified atom stereocenters. The predicted molar refractivity (Wildman–Crippen MR) is 421 cm³/mol. The van der Waals surface area contributed by atoms with Gasteiger partial charge in [0.2, 0.25) is 0 Å². The fourth-order valence-corrected chi connectivity index (χ4v) is 11.6. The Morgan fingerprint density at radius 3 is 1.42 bits per heavy atom. The van der Waals surface area contributed by atoms with Crippen molar-refractivity contribution in [3.63, 3.8) is 0 Å². The van der Waals surface area contributed by atoms with Gasteiger partial charge in [-0.15, -0.1) is 11.6 Å². The molecule has 7 rings (SSSR count). The molecular formula is C86H132ClN3NaO14S+. The molecule has 2 fully saturated rings. The molecule has 2 aromatic heterocycles. The topological polar surface area (TPSA) is 278 Å². The summed E-state index contributed by atoms with van der Waals surface area (Å²) in [5.41, 5.74) is 12.9. The first-order chi connectivity index (χ1) is 49.6. The molecule has 0 amide bonds. The van der Waals surface area contributed by atoms with Crippen LogP contribution in [-0.4, -0.2) is 76.3 Å². The molecule has 0 spiro atoms. The van der Waals surface area contributed by atoms with Gasteiger partial charge in [0, 0.05) is 49.2 Å². The third kappa shape index (κ3) is 42.7. The van der Waals surface area contributed by atoms with Crippen LogP contribution in [0.2, 0.25) is 0 Å². The van der Waals surface area contributed by atoms with E-state index in [9.17, 15) is 46.5 Å². The zero-order valence-corrected chi connectivity index (χ0v) is 71.4. The van der Waals surface area contributed by atoms with Gasteiger partial charge in [-0.3, -0.25) is 38.5 Å². The number of pyridine rings is 2. The third-order valence-electron chi connectivity index (χ3n) is 20.0. The Hall–Kier alpha value is -5.99. The van der Waals surface area contributed by atoms with Gasteiger partial charge in [0.15, 0.2) is 12.4 Å². The summed E-state index contributed by atoms with van der Waals surface area (Å²) in [6, 6.07) is 33.4. The van der Waals surface area contributed by atoms with E-state index in [4.69, 9.17) is 27.5 Å². The second kappa shape index (κ2) is 58.0. The smallest absolute Gasteiger partial charge is 0.744 e. The number of halogens is 1. The number of benzene rings is 3. The number of Topliss-reactive ketones (excluding diaryl/α,β-unsaturated/α-hetero) is 1. The van der Waals surface area contributed by atoms with Crippen LogP contribution in [0.1, 0.15) is 297 Å². The number of ketones is 1. The summed E-state index contributed by atoms with van der Waals surface area (Å²) < 4.78 is 43.3. The fraction of sp³-hybridized carbons (Fsp3) is 0.593. The number of hydrogen-bond acceptors (Lipinski definition) is 14. The number of ether oxygens (including phenoxy) is 2. The Kier molecular flexibility index (Phi) is 55.9. The maximum atomic E-state index is 11.5. The van der Waals surface area contributed by atoms with Crippen LogP contribution in [0.25, 0.3) is 0 Å². The van der Waals surface area contributed by atoms with E-state index in [1.807, 2.05) is 49.6 Å². The van der Waals surface area contributed by atoms with Crippen molar-refractivity contribution in [3.8, 4) is 0 Å². The molecule has 0 radical (unpaired) electrons. The molecule has 4 heterocycles. The predicted octanol–water partition coefficient (Wildman–Crippen LogP) is 16.9. The molecule has 2 saturated heterocycles.